The van der Waals surface area contributed by atoms with Crippen LogP contribution in [0.5, 0.6) is 0 Å². The minimum atomic E-state index is -0.636. The number of carbonyl (C=O) groups is 1. The van der Waals surface area contributed by atoms with Crippen molar-refractivity contribution in [2.24, 2.45) is 0 Å². The SMILES string of the molecule is O=C(NCCC(O)c1cccc2ccccc12)C(c1ccccc1)c1ccccc1. The summed E-state index contributed by atoms with van der Waals surface area (Å²) in [5.41, 5.74) is 2.80. The summed E-state index contributed by atoms with van der Waals surface area (Å²) in [6, 6.07) is 33.6. The predicted molar refractivity (Wildman–Crippen MR) is 121 cm³/mol. The van der Waals surface area contributed by atoms with Crippen LogP contribution in [0.3, 0.4) is 0 Å². The van der Waals surface area contributed by atoms with Gasteiger partial charge < -0.3 is 10.4 Å². The van der Waals surface area contributed by atoms with Crippen molar-refractivity contribution in [3.63, 3.8) is 0 Å². The van der Waals surface area contributed by atoms with E-state index in [9.17, 15) is 9.90 Å². The fourth-order valence-corrected chi connectivity index (χ4v) is 3.92. The number of amides is 1. The molecule has 0 aliphatic heterocycles. The van der Waals surface area contributed by atoms with Gasteiger partial charge in [0.15, 0.2) is 0 Å². The van der Waals surface area contributed by atoms with E-state index in [-0.39, 0.29) is 11.8 Å². The monoisotopic (exact) mass is 395 g/mol. The maximum atomic E-state index is 13.1. The number of carbonyl (C=O) groups excluding carboxylic acids is 1. The molecule has 0 radical (unpaired) electrons. The van der Waals surface area contributed by atoms with Gasteiger partial charge >= 0.3 is 0 Å². The Hall–Kier alpha value is -3.43. The van der Waals surface area contributed by atoms with Gasteiger partial charge in [-0.05, 0) is 33.9 Å². The number of aliphatic hydroxyl groups is 1. The van der Waals surface area contributed by atoms with Crippen molar-refractivity contribution in [3.8, 4) is 0 Å². The molecule has 4 aromatic carbocycles. The van der Waals surface area contributed by atoms with Crippen molar-refractivity contribution in [3.05, 3.63) is 120 Å². The lowest BCUT2D eigenvalue weighted by molar-refractivity contribution is -0.121. The molecule has 0 aliphatic rings. The predicted octanol–water partition coefficient (Wildman–Crippen LogP) is 5.21. The number of hydrogen-bond acceptors (Lipinski definition) is 2. The normalized spacial score (nSPS) is 12.1. The van der Waals surface area contributed by atoms with Crippen LogP contribution in [0.1, 0.15) is 35.1 Å². The second kappa shape index (κ2) is 9.38. The van der Waals surface area contributed by atoms with E-state index in [0.29, 0.717) is 13.0 Å². The summed E-state index contributed by atoms with van der Waals surface area (Å²) in [6.45, 7) is 0.402. The highest BCUT2D eigenvalue weighted by atomic mass is 16.3. The first kappa shape index (κ1) is 19.9. The fourth-order valence-electron chi connectivity index (χ4n) is 3.92. The van der Waals surface area contributed by atoms with Crippen LogP contribution in [0.4, 0.5) is 0 Å². The molecule has 1 atom stereocenters. The molecule has 1 amide bonds. The van der Waals surface area contributed by atoms with Crippen molar-refractivity contribution in [1.29, 1.82) is 0 Å². The van der Waals surface area contributed by atoms with Crippen molar-refractivity contribution >= 4 is 16.7 Å². The van der Waals surface area contributed by atoms with Crippen molar-refractivity contribution in [2.75, 3.05) is 6.54 Å². The molecule has 0 saturated carbocycles. The highest BCUT2D eigenvalue weighted by molar-refractivity contribution is 5.87. The third-order valence-electron chi connectivity index (χ3n) is 5.43. The van der Waals surface area contributed by atoms with Crippen LogP contribution < -0.4 is 5.32 Å². The molecular weight excluding hydrogens is 370 g/mol. The van der Waals surface area contributed by atoms with E-state index in [4.69, 9.17) is 0 Å². The van der Waals surface area contributed by atoms with Gasteiger partial charge in [0.1, 0.15) is 0 Å². The topological polar surface area (TPSA) is 49.3 Å². The average molecular weight is 396 g/mol. The van der Waals surface area contributed by atoms with Gasteiger partial charge in [0.2, 0.25) is 5.91 Å². The Morgan fingerprint density at radius 1 is 0.733 bits per heavy atom. The van der Waals surface area contributed by atoms with Gasteiger partial charge in [0.05, 0.1) is 12.0 Å². The van der Waals surface area contributed by atoms with Crippen LogP contribution in [0.25, 0.3) is 10.8 Å². The molecule has 0 aliphatic carbocycles. The fraction of sp³-hybridized carbons (Fsp3) is 0.148. The van der Waals surface area contributed by atoms with Gasteiger partial charge in [-0.1, -0.05) is 103 Å². The first-order valence-electron chi connectivity index (χ1n) is 10.3. The van der Waals surface area contributed by atoms with Crippen molar-refractivity contribution < 1.29 is 9.90 Å². The second-order valence-electron chi connectivity index (χ2n) is 7.42. The van der Waals surface area contributed by atoms with E-state index in [1.807, 2.05) is 103 Å². The quantitative estimate of drug-likeness (QED) is 0.451. The molecule has 1 unspecified atom stereocenters. The van der Waals surface area contributed by atoms with Gasteiger partial charge in [0.25, 0.3) is 0 Å². The van der Waals surface area contributed by atoms with E-state index >= 15 is 0 Å². The van der Waals surface area contributed by atoms with Crippen LogP contribution in [0, 0.1) is 0 Å². The minimum Gasteiger partial charge on any atom is -0.388 e. The Bertz CT molecular complexity index is 1060. The van der Waals surface area contributed by atoms with E-state index in [2.05, 4.69) is 5.32 Å². The molecule has 2 N–H and O–H groups in total. The lowest BCUT2D eigenvalue weighted by Gasteiger charge is -2.19. The molecule has 4 rings (SSSR count). The molecule has 0 spiro atoms. The summed E-state index contributed by atoms with van der Waals surface area (Å²) in [4.78, 5) is 13.1. The molecule has 150 valence electrons. The molecule has 0 aromatic heterocycles. The molecule has 0 fully saturated rings. The zero-order valence-corrected chi connectivity index (χ0v) is 16.7. The Kier molecular flexibility index (Phi) is 6.21. The molecule has 0 bridgehead atoms. The molecule has 0 heterocycles. The van der Waals surface area contributed by atoms with Gasteiger partial charge in [0, 0.05) is 6.54 Å². The standard InChI is InChI=1S/C27H25NO2/c29-25(24-17-9-15-20-10-7-8-16-23(20)24)18-19-28-27(30)26(21-11-3-1-4-12-21)22-13-5-2-6-14-22/h1-17,25-26,29H,18-19H2,(H,28,30). The molecule has 30 heavy (non-hydrogen) atoms. The van der Waals surface area contributed by atoms with Gasteiger partial charge in [-0.25, -0.2) is 0 Å². The number of fused-ring (bicyclic) bond motifs is 1. The first-order chi connectivity index (χ1) is 14.7. The summed E-state index contributed by atoms with van der Waals surface area (Å²) in [5.74, 6) is -0.431. The van der Waals surface area contributed by atoms with Crippen LogP contribution in [0.2, 0.25) is 0 Å². The zero-order valence-electron chi connectivity index (χ0n) is 16.7. The minimum absolute atomic E-state index is 0.0579. The molecule has 3 nitrogen and oxygen atoms in total. The highest BCUT2D eigenvalue weighted by Crippen LogP contribution is 2.27. The van der Waals surface area contributed by atoms with Gasteiger partial charge in [-0.15, -0.1) is 0 Å². The number of nitrogens with one attached hydrogen (secondary N) is 1. The largest absolute Gasteiger partial charge is 0.388 e. The molecule has 4 aromatic rings. The Morgan fingerprint density at radius 2 is 1.30 bits per heavy atom. The molecule has 0 saturated heterocycles. The summed E-state index contributed by atoms with van der Waals surface area (Å²) in [6.07, 6.45) is -0.181. The third-order valence-corrected chi connectivity index (χ3v) is 5.43. The molecular formula is C27H25NO2. The van der Waals surface area contributed by atoms with Crippen LogP contribution >= 0.6 is 0 Å². The Morgan fingerprint density at radius 3 is 1.97 bits per heavy atom. The van der Waals surface area contributed by atoms with Gasteiger partial charge in [-0.2, -0.15) is 0 Å². The number of aliphatic hydroxyl groups excluding tert-OH is 1. The first-order valence-corrected chi connectivity index (χ1v) is 10.3. The maximum Gasteiger partial charge on any atom is 0.232 e. The highest BCUT2D eigenvalue weighted by Gasteiger charge is 2.22. The van der Waals surface area contributed by atoms with Crippen molar-refractivity contribution in [2.45, 2.75) is 18.4 Å². The summed E-state index contributed by atoms with van der Waals surface area (Å²) < 4.78 is 0. The average Bonchev–Trinajstić information content (AvgIpc) is 2.80. The van der Waals surface area contributed by atoms with Crippen LogP contribution in [-0.4, -0.2) is 17.6 Å². The maximum absolute atomic E-state index is 13.1. The van der Waals surface area contributed by atoms with Crippen LogP contribution in [0.15, 0.2) is 103 Å². The number of hydrogen-bond donors (Lipinski definition) is 2. The summed E-state index contributed by atoms with van der Waals surface area (Å²) >= 11 is 0. The second-order valence-corrected chi connectivity index (χ2v) is 7.42. The van der Waals surface area contributed by atoms with E-state index < -0.39 is 6.10 Å². The van der Waals surface area contributed by atoms with Crippen molar-refractivity contribution in [1.82, 2.24) is 5.32 Å². The smallest absolute Gasteiger partial charge is 0.232 e. The van der Waals surface area contributed by atoms with Gasteiger partial charge in [-0.3, -0.25) is 4.79 Å². The zero-order chi connectivity index (χ0) is 20.8. The third kappa shape index (κ3) is 4.42. The number of rotatable bonds is 7. The Balaban J connectivity index is 1.46. The lowest BCUT2D eigenvalue weighted by atomic mass is 9.90. The molecule has 3 heteroatoms. The Labute approximate surface area is 177 Å². The van der Waals surface area contributed by atoms with Crippen LogP contribution in [-0.2, 0) is 4.79 Å². The summed E-state index contributed by atoms with van der Waals surface area (Å²) in [5, 5.41) is 15.9. The van der Waals surface area contributed by atoms with E-state index in [1.54, 1.807) is 0 Å². The van der Waals surface area contributed by atoms with E-state index in [1.165, 1.54) is 0 Å². The summed E-state index contributed by atoms with van der Waals surface area (Å²) in [7, 11) is 0. The number of benzene rings is 4. The lowest BCUT2D eigenvalue weighted by Crippen LogP contribution is -2.31. The van der Waals surface area contributed by atoms with E-state index in [0.717, 1.165) is 27.5 Å².